The number of amides is 2. The van der Waals surface area contributed by atoms with Crippen molar-refractivity contribution in [2.45, 2.75) is 18.4 Å². The maximum Gasteiger partial charge on any atom is 0.254 e. The summed E-state index contributed by atoms with van der Waals surface area (Å²) in [5.41, 5.74) is 6.39. The monoisotopic (exact) mass is 690 g/mol. The van der Waals surface area contributed by atoms with Crippen LogP contribution in [0.15, 0.2) is 117 Å². The van der Waals surface area contributed by atoms with Gasteiger partial charge in [0, 0.05) is 11.8 Å². The number of benzene rings is 5. The minimum absolute atomic E-state index is 0.152. The van der Waals surface area contributed by atoms with Gasteiger partial charge in [0.15, 0.2) is 0 Å². The third-order valence-electron chi connectivity index (χ3n) is 9.02. The van der Waals surface area contributed by atoms with Gasteiger partial charge in [0.05, 0.1) is 27.0 Å². The molecule has 5 aromatic rings. The second-order valence-electron chi connectivity index (χ2n) is 11.2. The predicted molar refractivity (Wildman–Crippen MR) is 173 cm³/mol. The molecule has 0 unspecified atom stereocenters. The zero-order valence-corrected chi connectivity index (χ0v) is 26.0. The first kappa shape index (κ1) is 26.5. The molecule has 4 aliphatic rings. The normalized spacial score (nSPS) is 21.8. The van der Waals surface area contributed by atoms with E-state index in [9.17, 15) is 9.59 Å². The number of rotatable bonds is 5. The second-order valence-corrected chi connectivity index (χ2v) is 12.9. The molecule has 0 N–H and O–H groups in total. The van der Waals surface area contributed by atoms with Gasteiger partial charge in [-0.05, 0) is 88.1 Å². The van der Waals surface area contributed by atoms with Gasteiger partial charge in [-0.25, -0.2) is 0 Å². The van der Waals surface area contributed by atoms with Gasteiger partial charge in [0.25, 0.3) is 11.8 Å². The summed E-state index contributed by atoms with van der Waals surface area (Å²) in [5.74, 6) is -1.03. The molecule has 0 spiro atoms. The highest BCUT2D eigenvalue weighted by Gasteiger charge is 2.61. The summed E-state index contributed by atoms with van der Waals surface area (Å²) in [6.45, 7) is 0.401. The second kappa shape index (κ2) is 10.3. The number of carbonyl (C=O) groups excluding carboxylic acids is 2. The maximum atomic E-state index is 13.8. The molecule has 1 saturated heterocycles. The van der Waals surface area contributed by atoms with Crippen molar-refractivity contribution in [2.75, 3.05) is 0 Å². The number of ether oxygens (including phenoxy) is 1. The van der Waals surface area contributed by atoms with Crippen molar-refractivity contribution in [1.29, 1.82) is 0 Å². The van der Waals surface area contributed by atoms with Gasteiger partial charge in [-0.15, -0.1) is 0 Å². The van der Waals surface area contributed by atoms with Gasteiger partial charge >= 0.3 is 0 Å². The van der Waals surface area contributed by atoms with E-state index in [1.807, 2.05) is 54.6 Å². The maximum absolute atomic E-state index is 13.8. The molecule has 2 atom stereocenters. The molecule has 5 aromatic carbocycles. The van der Waals surface area contributed by atoms with E-state index in [1.54, 1.807) is 6.21 Å². The predicted octanol–water partition coefficient (Wildman–Crippen LogP) is 8.17. The first-order chi connectivity index (χ1) is 21.0. The van der Waals surface area contributed by atoms with Crippen LogP contribution in [-0.4, -0.2) is 23.0 Å². The molecule has 2 bridgehead atoms. The van der Waals surface area contributed by atoms with E-state index < -0.39 is 11.8 Å². The van der Waals surface area contributed by atoms with Gasteiger partial charge in [0.2, 0.25) is 0 Å². The number of imide groups is 1. The third kappa shape index (κ3) is 4.13. The van der Waals surface area contributed by atoms with Gasteiger partial charge in [0.1, 0.15) is 12.4 Å². The van der Waals surface area contributed by atoms with E-state index >= 15 is 0 Å². The molecule has 5 nitrogen and oxygen atoms in total. The Balaban J connectivity index is 1.06. The number of fused-ring (bicyclic) bond motifs is 1. The summed E-state index contributed by atoms with van der Waals surface area (Å²) in [7, 11) is 0. The minimum atomic E-state index is -0.456. The lowest BCUT2D eigenvalue weighted by atomic mass is 9.55. The van der Waals surface area contributed by atoms with Crippen molar-refractivity contribution in [2.24, 2.45) is 16.9 Å². The fourth-order valence-electron chi connectivity index (χ4n) is 7.26. The van der Waals surface area contributed by atoms with Crippen LogP contribution in [0, 0.1) is 11.8 Å². The molecule has 0 radical (unpaired) electrons. The van der Waals surface area contributed by atoms with Crippen LogP contribution >= 0.6 is 31.9 Å². The van der Waals surface area contributed by atoms with E-state index in [-0.39, 0.29) is 23.7 Å². The van der Waals surface area contributed by atoms with E-state index in [4.69, 9.17) is 4.74 Å². The van der Waals surface area contributed by atoms with Gasteiger partial charge in [-0.3, -0.25) is 9.59 Å². The number of hydrazone groups is 1. The number of carbonyl (C=O) groups is 2. The van der Waals surface area contributed by atoms with Crippen LogP contribution in [0.4, 0.5) is 0 Å². The molecule has 3 aliphatic carbocycles. The van der Waals surface area contributed by atoms with E-state index in [0.29, 0.717) is 12.4 Å². The van der Waals surface area contributed by atoms with Gasteiger partial charge < -0.3 is 4.74 Å². The zero-order chi connectivity index (χ0) is 29.2. The third-order valence-corrected chi connectivity index (χ3v) is 10.2. The van der Waals surface area contributed by atoms with Crippen molar-refractivity contribution in [1.82, 2.24) is 5.01 Å². The van der Waals surface area contributed by atoms with Crippen LogP contribution in [0.2, 0.25) is 0 Å². The summed E-state index contributed by atoms with van der Waals surface area (Å²) in [5, 5.41) is 7.89. The van der Waals surface area contributed by atoms with Gasteiger partial charge in [-0.1, -0.05) is 91.0 Å². The van der Waals surface area contributed by atoms with Crippen LogP contribution in [0.25, 0.3) is 10.8 Å². The van der Waals surface area contributed by atoms with Crippen molar-refractivity contribution in [3.8, 4) is 5.75 Å². The standard InChI is InChI=1S/C36H24Br2N2O3/c37-28-16-20(17-29(38)34(28)43-19-22-10-7-9-21-8-1-2-11-23(21)22)18-39-40-35(41)32-30-24-12-3-4-13-25(24)31(33(32)36(40)42)27-15-6-5-14-26(27)30/h1-18,30-33H,19H2/b39-18-/t30?,31?,32-,33-/m1/s1. The number of hydrogen-bond acceptors (Lipinski definition) is 4. The summed E-state index contributed by atoms with van der Waals surface area (Å²) in [6.07, 6.45) is 1.57. The van der Waals surface area contributed by atoms with E-state index in [2.05, 4.69) is 85.5 Å². The Kier molecular flexibility index (Phi) is 6.35. The Morgan fingerprint density at radius 2 is 1.21 bits per heavy atom. The van der Waals surface area contributed by atoms with Crippen molar-refractivity contribution < 1.29 is 14.3 Å². The molecule has 1 aliphatic heterocycles. The topological polar surface area (TPSA) is 59.0 Å². The minimum Gasteiger partial charge on any atom is -0.487 e. The van der Waals surface area contributed by atoms with Crippen LogP contribution < -0.4 is 4.74 Å². The lowest BCUT2D eigenvalue weighted by Gasteiger charge is -2.45. The molecule has 7 heteroatoms. The largest absolute Gasteiger partial charge is 0.487 e. The van der Waals surface area contributed by atoms with Crippen LogP contribution in [0.5, 0.6) is 5.75 Å². The SMILES string of the molecule is O=C1[C@@H]2C3c4ccccc4C(c4ccccc43)[C@H]2C(=O)N1/N=C\c1cc(Br)c(OCc2cccc3ccccc23)c(Br)c1. The van der Waals surface area contributed by atoms with Crippen LogP contribution in [-0.2, 0) is 16.2 Å². The first-order valence-electron chi connectivity index (χ1n) is 14.2. The fourth-order valence-corrected chi connectivity index (χ4v) is 8.71. The van der Waals surface area contributed by atoms with Crippen molar-refractivity contribution >= 4 is 60.7 Å². The molecule has 0 saturated carbocycles. The molecule has 1 fully saturated rings. The summed E-state index contributed by atoms with van der Waals surface area (Å²) < 4.78 is 7.70. The highest BCUT2D eigenvalue weighted by molar-refractivity contribution is 9.11. The Morgan fingerprint density at radius 1 is 0.698 bits per heavy atom. The molecular weight excluding hydrogens is 668 g/mol. The lowest BCUT2D eigenvalue weighted by Crippen LogP contribution is -2.41. The molecule has 1 heterocycles. The quantitative estimate of drug-likeness (QED) is 0.138. The molecule has 0 aromatic heterocycles. The molecule has 9 rings (SSSR count). The Hall–Kier alpha value is -4.07. The van der Waals surface area contributed by atoms with Crippen molar-refractivity contribution in [3.05, 3.63) is 145 Å². The highest BCUT2D eigenvalue weighted by atomic mass is 79.9. The van der Waals surface area contributed by atoms with Crippen LogP contribution in [0.1, 0.15) is 45.2 Å². The van der Waals surface area contributed by atoms with E-state index in [1.165, 1.54) is 5.39 Å². The summed E-state index contributed by atoms with van der Waals surface area (Å²) >= 11 is 7.28. The molecule has 210 valence electrons. The van der Waals surface area contributed by atoms with E-state index in [0.717, 1.165) is 52.7 Å². The highest BCUT2D eigenvalue weighted by Crippen LogP contribution is 2.61. The lowest BCUT2D eigenvalue weighted by molar-refractivity contribution is -0.139. The Morgan fingerprint density at radius 3 is 1.79 bits per heavy atom. The molecule has 2 amide bonds. The average molecular weight is 692 g/mol. The number of halogens is 2. The zero-order valence-electron chi connectivity index (χ0n) is 22.8. The first-order valence-corrected chi connectivity index (χ1v) is 15.8. The Labute approximate surface area is 265 Å². The van der Waals surface area contributed by atoms with Gasteiger partial charge in [-0.2, -0.15) is 10.1 Å². The fraction of sp³-hybridized carbons (Fsp3) is 0.139. The van der Waals surface area contributed by atoms with Crippen molar-refractivity contribution in [3.63, 3.8) is 0 Å². The Bertz CT molecular complexity index is 1860. The smallest absolute Gasteiger partial charge is 0.254 e. The molecular formula is C36H24Br2N2O3. The van der Waals surface area contributed by atoms with Crippen LogP contribution in [0.3, 0.4) is 0 Å². The molecule has 43 heavy (non-hydrogen) atoms. The summed E-state index contributed by atoms with van der Waals surface area (Å²) in [6, 6.07) is 34.6. The number of hydrogen-bond donors (Lipinski definition) is 0. The number of nitrogens with zero attached hydrogens (tertiary/aromatic N) is 2. The summed E-state index contributed by atoms with van der Waals surface area (Å²) in [4.78, 5) is 27.7. The average Bonchev–Trinajstić information content (AvgIpc) is 3.28.